The van der Waals surface area contributed by atoms with E-state index in [4.69, 9.17) is 4.74 Å². The Hall–Kier alpha value is -4.22. The van der Waals surface area contributed by atoms with E-state index >= 15 is 0 Å². The van der Waals surface area contributed by atoms with E-state index in [1.54, 1.807) is 48.5 Å². The van der Waals surface area contributed by atoms with Gasteiger partial charge in [-0.05, 0) is 91.6 Å². The Morgan fingerprint density at radius 3 is 2.17 bits per heavy atom. The molecular formula is C37H39BrFN3O5S. The lowest BCUT2D eigenvalue weighted by molar-refractivity contribution is -0.140. The molecule has 1 unspecified atom stereocenters. The molecule has 1 aliphatic rings. The quantitative estimate of drug-likeness (QED) is 0.152. The molecule has 252 valence electrons. The predicted octanol–water partition coefficient (Wildman–Crippen LogP) is 6.88. The van der Waals surface area contributed by atoms with Crippen LogP contribution in [0.3, 0.4) is 0 Å². The van der Waals surface area contributed by atoms with Gasteiger partial charge in [0.25, 0.3) is 10.0 Å². The van der Waals surface area contributed by atoms with E-state index in [1.165, 1.54) is 29.2 Å². The van der Waals surface area contributed by atoms with Crippen molar-refractivity contribution in [1.82, 2.24) is 10.2 Å². The molecule has 0 saturated heterocycles. The lowest BCUT2D eigenvalue weighted by Gasteiger charge is -2.34. The van der Waals surface area contributed by atoms with Crippen LogP contribution in [-0.4, -0.2) is 50.4 Å². The average Bonchev–Trinajstić information content (AvgIpc) is 3.60. The molecule has 4 aromatic carbocycles. The van der Waals surface area contributed by atoms with Crippen molar-refractivity contribution in [2.75, 3.05) is 17.5 Å². The van der Waals surface area contributed by atoms with Crippen molar-refractivity contribution < 1.29 is 27.1 Å². The molecule has 1 fully saturated rings. The molecule has 2 amide bonds. The Kier molecular flexibility index (Phi) is 11.9. The molecule has 0 radical (unpaired) electrons. The van der Waals surface area contributed by atoms with Crippen LogP contribution in [0.15, 0.2) is 112 Å². The number of amides is 2. The van der Waals surface area contributed by atoms with Crippen molar-refractivity contribution >= 4 is 43.5 Å². The molecule has 1 aliphatic carbocycles. The minimum Gasteiger partial charge on any atom is -0.494 e. The van der Waals surface area contributed by atoms with Crippen molar-refractivity contribution in [3.63, 3.8) is 0 Å². The molecule has 5 rings (SSSR count). The van der Waals surface area contributed by atoms with Crippen LogP contribution in [-0.2, 0) is 32.6 Å². The van der Waals surface area contributed by atoms with Crippen molar-refractivity contribution in [2.45, 2.75) is 62.6 Å². The highest BCUT2D eigenvalue weighted by molar-refractivity contribution is 9.10. The summed E-state index contributed by atoms with van der Waals surface area (Å²) in [5.41, 5.74) is 1.69. The molecule has 1 atom stereocenters. The topological polar surface area (TPSA) is 96.0 Å². The highest BCUT2D eigenvalue weighted by Gasteiger charge is 2.35. The second kappa shape index (κ2) is 16.3. The SMILES string of the molecule is CCOc1ccc(N(CC(=O)N(Cc2ccc(F)cc2)C(Cc2ccccc2)C(=O)NC2CCCC2)S(=O)(=O)c2ccc(Br)cc2)cc1. The third-order valence-corrected chi connectivity index (χ3v) is 10.7. The van der Waals surface area contributed by atoms with Gasteiger partial charge in [0.15, 0.2) is 0 Å². The fraction of sp³-hybridized carbons (Fsp3) is 0.297. The zero-order valence-corrected chi connectivity index (χ0v) is 29.1. The largest absolute Gasteiger partial charge is 0.494 e. The second-order valence-corrected chi connectivity index (χ2v) is 14.5. The van der Waals surface area contributed by atoms with Gasteiger partial charge in [0.2, 0.25) is 11.8 Å². The van der Waals surface area contributed by atoms with E-state index in [9.17, 15) is 22.4 Å². The van der Waals surface area contributed by atoms with Crippen LogP contribution in [0.2, 0.25) is 0 Å². The van der Waals surface area contributed by atoms with Gasteiger partial charge in [-0.25, -0.2) is 12.8 Å². The minimum absolute atomic E-state index is 0.00252. The van der Waals surface area contributed by atoms with Crippen LogP contribution >= 0.6 is 15.9 Å². The Labute approximate surface area is 290 Å². The number of benzene rings is 4. The number of carbonyl (C=O) groups is 2. The number of halogens is 2. The maximum absolute atomic E-state index is 14.6. The summed E-state index contributed by atoms with van der Waals surface area (Å²) in [6, 6.07) is 26.8. The maximum atomic E-state index is 14.6. The first-order chi connectivity index (χ1) is 23.1. The number of hydrogen-bond donors (Lipinski definition) is 1. The molecule has 0 spiro atoms. The van der Waals surface area contributed by atoms with Crippen molar-refractivity contribution in [1.29, 1.82) is 0 Å². The fourth-order valence-electron chi connectivity index (χ4n) is 5.85. The van der Waals surface area contributed by atoms with Gasteiger partial charge in [-0.2, -0.15) is 0 Å². The molecule has 48 heavy (non-hydrogen) atoms. The minimum atomic E-state index is -4.25. The maximum Gasteiger partial charge on any atom is 0.264 e. The molecular weight excluding hydrogens is 697 g/mol. The number of rotatable bonds is 14. The van der Waals surface area contributed by atoms with Gasteiger partial charge in [0.05, 0.1) is 17.2 Å². The van der Waals surface area contributed by atoms with Gasteiger partial charge < -0.3 is 15.0 Å². The van der Waals surface area contributed by atoms with Crippen LogP contribution in [0.5, 0.6) is 5.75 Å². The second-order valence-electron chi connectivity index (χ2n) is 11.7. The van der Waals surface area contributed by atoms with E-state index in [0.717, 1.165) is 35.6 Å². The van der Waals surface area contributed by atoms with Crippen LogP contribution in [0.1, 0.15) is 43.7 Å². The third-order valence-electron chi connectivity index (χ3n) is 8.36. The molecule has 0 bridgehead atoms. The molecule has 1 saturated carbocycles. The number of anilines is 1. The lowest BCUT2D eigenvalue weighted by Crippen LogP contribution is -2.54. The molecule has 1 N–H and O–H groups in total. The molecule has 0 aliphatic heterocycles. The number of sulfonamides is 1. The summed E-state index contributed by atoms with van der Waals surface area (Å²) < 4.78 is 49.7. The van der Waals surface area contributed by atoms with E-state index in [-0.39, 0.29) is 35.5 Å². The molecule has 8 nitrogen and oxygen atoms in total. The van der Waals surface area contributed by atoms with E-state index < -0.39 is 34.3 Å². The van der Waals surface area contributed by atoms with Crippen molar-refractivity contribution in [3.05, 3.63) is 125 Å². The Morgan fingerprint density at radius 1 is 0.896 bits per heavy atom. The molecule has 11 heteroatoms. The number of nitrogens with one attached hydrogen (secondary N) is 1. The van der Waals surface area contributed by atoms with E-state index in [1.807, 2.05) is 37.3 Å². The van der Waals surface area contributed by atoms with E-state index in [0.29, 0.717) is 22.4 Å². The number of carbonyl (C=O) groups excluding carboxylic acids is 2. The Morgan fingerprint density at radius 2 is 1.54 bits per heavy atom. The molecule has 4 aromatic rings. The van der Waals surface area contributed by atoms with Crippen LogP contribution < -0.4 is 14.4 Å². The summed E-state index contributed by atoms with van der Waals surface area (Å²) in [5, 5.41) is 3.15. The Balaban J connectivity index is 1.56. The fourth-order valence-corrected chi connectivity index (χ4v) is 7.52. The summed E-state index contributed by atoms with van der Waals surface area (Å²) in [7, 11) is -4.25. The zero-order chi connectivity index (χ0) is 34.1. The van der Waals surface area contributed by atoms with Gasteiger partial charge in [-0.1, -0.05) is 71.2 Å². The first-order valence-electron chi connectivity index (χ1n) is 16.0. The highest BCUT2D eigenvalue weighted by Crippen LogP contribution is 2.28. The summed E-state index contributed by atoms with van der Waals surface area (Å²) >= 11 is 3.36. The third kappa shape index (κ3) is 9.02. The number of ether oxygens (including phenoxy) is 1. The van der Waals surface area contributed by atoms with Crippen molar-refractivity contribution in [2.24, 2.45) is 0 Å². The van der Waals surface area contributed by atoms with Crippen LogP contribution in [0.4, 0.5) is 10.1 Å². The monoisotopic (exact) mass is 735 g/mol. The summed E-state index contributed by atoms with van der Waals surface area (Å²) in [5.74, 6) is -0.780. The van der Waals surface area contributed by atoms with Gasteiger partial charge in [0.1, 0.15) is 24.2 Å². The van der Waals surface area contributed by atoms with Crippen LogP contribution in [0.25, 0.3) is 0 Å². The molecule has 0 heterocycles. The normalized spacial score (nSPS) is 13.9. The smallest absolute Gasteiger partial charge is 0.264 e. The van der Waals surface area contributed by atoms with E-state index in [2.05, 4.69) is 21.2 Å². The standard InChI is InChI=1S/C37H39BrFN3O5S/c1-2-47-33-20-18-32(19-21-33)42(48(45,46)34-22-14-29(38)15-23-34)26-36(43)41(25-28-12-16-30(39)17-13-28)35(24-27-8-4-3-5-9-27)37(44)40-31-10-6-7-11-31/h3-5,8-9,12-23,31,35H,2,6-7,10-11,24-26H2,1H3,(H,40,44). The first kappa shape index (κ1) is 35.1. The highest BCUT2D eigenvalue weighted by atomic mass is 79.9. The first-order valence-corrected chi connectivity index (χ1v) is 18.3. The number of nitrogens with zero attached hydrogens (tertiary/aromatic N) is 2. The predicted molar refractivity (Wildman–Crippen MR) is 188 cm³/mol. The van der Waals surface area contributed by atoms with Crippen molar-refractivity contribution in [3.8, 4) is 5.75 Å². The van der Waals surface area contributed by atoms with Gasteiger partial charge >= 0.3 is 0 Å². The van der Waals surface area contributed by atoms with Gasteiger partial charge in [-0.15, -0.1) is 0 Å². The zero-order valence-electron chi connectivity index (χ0n) is 26.7. The summed E-state index contributed by atoms with van der Waals surface area (Å²) in [4.78, 5) is 30.1. The Bertz CT molecular complexity index is 1770. The number of hydrogen-bond acceptors (Lipinski definition) is 5. The average molecular weight is 737 g/mol. The van der Waals surface area contributed by atoms with Crippen LogP contribution in [0, 0.1) is 5.82 Å². The molecule has 0 aromatic heterocycles. The van der Waals surface area contributed by atoms with Gasteiger partial charge in [0, 0.05) is 23.5 Å². The summed E-state index contributed by atoms with van der Waals surface area (Å²) in [6.45, 7) is 1.66. The lowest BCUT2D eigenvalue weighted by atomic mass is 10.0. The van der Waals surface area contributed by atoms with Gasteiger partial charge in [-0.3, -0.25) is 13.9 Å². The summed E-state index contributed by atoms with van der Waals surface area (Å²) in [6.07, 6.45) is 3.93.